The molecule has 0 spiro atoms. The number of benzene rings is 2. The summed E-state index contributed by atoms with van der Waals surface area (Å²) in [4.78, 5) is 21.1. The third-order valence-electron chi connectivity index (χ3n) is 5.11. The van der Waals surface area contributed by atoms with E-state index in [1.165, 1.54) is 12.1 Å². The van der Waals surface area contributed by atoms with Crippen molar-refractivity contribution >= 4 is 17.3 Å². The van der Waals surface area contributed by atoms with E-state index in [-0.39, 0.29) is 11.7 Å². The molecule has 5 nitrogen and oxygen atoms in total. The van der Waals surface area contributed by atoms with Gasteiger partial charge in [-0.25, -0.2) is 9.37 Å². The van der Waals surface area contributed by atoms with Gasteiger partial charge in [0.2, 0.25) is 0 Å². The van der Waals surface area contributed by atoms with Crippen molar-refractivity contribution in [2.24, 2.45) is 0 Å². The smallest absolute Gasteiger partial charge is 0.270 e. The highest BCUT2D eigenvalue weighted by Gasteiger charge is 2.18. The van der Waals surface area contributed by atoms with Crippen LogP contribution < -0.4 is 15.1 Å². The number of amides is 1. The van der Waals surface area contributed by atoms with Crippen molar-refractivity contribution in [3.8, 4) is 0 Å². The monoisotopic (exact) mass is 390 g/mol. The average molecular weight is 390 g/mol. The van der Waals surface area contributed by atoms with Crippen molar-refractivity contribution in [1.29, 1.82) is 0 Å². The fraction of sp³-hybridized carbons (Fsp3) is 0.217. The molecule has 1 amide bonds. The number of rotatable bonds is 5. The van der Waals surface area contributed by atoms with E-state index in [1.54, 1.807) is 12.3 Å². The number of anilines is 2. The first kappa shape index (κ1) is 18.9. The van der Waals surface area contributed by atoms with Gasteiger partial charge in [0.1, 0.15) is 11.5 Å². The summed E-state index contributed by atoms with van der Waals surface area (Å²) in [6.45, 7) is 3.88. The molecule has 2 aromatic carbocycles. The third-order valence-corrected chi connectivity index (χ3v) is 5.11. The van der Waals surface area contributed by atoms with Gasteiger partial charge in [0.05, 0.1) is 11.9 Å². The highest BCUT2D eigenvalue weighted by molar-refractivity contribution is 5.92. The number of piperazine rings is 1. The van der Waals surface area contributed by atoms with E-state index in [4.69, 9.17) is 0 Å². The van der Waals surface area contributed by atoms with Crippen molar-refractivity contribution in [1.82, 2.24) is 10.3 Å². The number of pyridine rings is 1. The van der Waals surface area contributed by atoms with Crippen LogP contribution in [-0.4, -0.2) is 37.1 Å². The van der Waals surface area contributed by atoms with E-state index in [9.17, 15) is 9.18 Å². The molecule has 4 rings (SSSR count). The lowest BCUT2D eigenvalue weighted by Gasteiger charge is -2.37. The zero-order valence-electron chi connectivity index (χ0n) is 16.1. The second-order valence-electron chi connectivity index (χ2n) is 7.02. The minimum Gasteiger partial charge on any atom is -0.368 e. The molecule has 0 atom stereocenters. The molecule has 29 heavy (non-hydrogen) atoms. The van der Waals surface area contributed by atoms with E-state index in [0.29, 0.717) is 12.2 Å². The maximum Gasteiger partial charge on any atom is 0.270 e. The second-order valence-corrected chi connectivity index (χ2v) is 7.02. The Morgan fingerprint density at radius 3 is 2.10 bits per heavy atom. The van der Waals surface area contributed by atoms with Crippen molar-refractivity contribution in [2.45, 2.75) is 6.54 Å². The number of halogens is 1. The van der Waals surface area contributed by atoms with Crippen molar-refractivity contribution in [2.75, 3.05) is 36.0 Å². The van der Waals surface area contributed by atoms with Crippen molar-refractivity contribution in [3.63, 3.8) is 0 Å². The third kappa shape index (κ3) is 4.71. The minimum absolute atomic E-state index is 0.179. The molecule has 1 aromatic heterocycles. The predicted octanol–water partition coefficient (Wildman–Crippen LogP) is 3.48. The molecular formula is C23H23FN4O. The molecule has 1 saturated heterocycles. The van der Waals surface area contributed by atoms with Gasteiger partial charge < -0.3 is 15.1 Å². The molecule has 0 unspecified atom stereocenters. The molecule has 1 N–H and O–H groups in total. The molecule has 1 aliphatic rings. The Morgan fingerprint density at radius 2 is 1.48 bits per heavy atom. The lowest BCUT2D eigenvalue weighted by molar-refractivity contribution is 0.0946. The Bertz CT molecular complexity index is 937. The highest BCUT2D eigenvalue weighted by Crippen LogP contribution is 2.20. The number of carbonyl (C=O) groups is 1. The first-order valence-electron chi connectivity index (χ1n) is 9.73. The lowest BCUT2D eigenvalue weighted by atomic mass is 10.2. The molecule has 1 aliphatic heterocycles. The van der Waals surface area contributed by atoms with Crippen LogP contribution in [0.4, 0.5) is 15.8 Å². The zero-order valence-corrected chi connectivity index (χ0v) is 16.1. The molecule has 0 radical (unpaired) electrons. The number of nitrogens with zero attached hydrogens (tertiary/aromatic N) is 3. The molecule has 0 aliphatic carbocycles. The summed E-state index contributed by atoms with van der Waals surface area (Å²) in [5.74, 6) is -0.395. The Morgan fingerprint density at radius 1 is 0.862 bits per heavy atom. The molecule has 6 heteroatoms. The quantitative estimate of drug-likeness (QED) is 0.725. The Balaban J connectivity index is 1.31. The van der Waals surface area contributed by atoms with E-state index in [0.717, 1.165) is 43.1 Å². The van der Waals surface area contributed by atoms with Crippen LogP contribution in [0.1, 0.15) is 16.1 Å². The van der Waals surface area contributed by atoms with Gasteiger partial charge in [-0.2, -0.15) is 0 Å². The molecule has 3 aromatic rings. The van der Waals surface area contributed by atoms with E-state index >= 15 is 0 Å². The highest BCUT2D eigenvalue weighted by atomic mass is 19.1. The molecule has 0 bridgehead atoms. The van der Waals surface area contributed by atoms with E-state index in [2.05, 4.69) is 20.1 Å². The van der Waals surface area contributed by atoms with Crippen LogP contribution in [0, 0.1) is 5.82 Å². The van der Waals surface area contributed by atoms with Crippen molar-refractivity contribution in [3.05, 3.63) is 90.0 Å². The molecule has 1 fully saturated rings. The summed E-state index contributed by atoms with van der Waals surface area (Å²) in [6.07, 6.45) is 1.75. The summed E-state index contributed by atoms with van der Waals surface area (Å²) in [5.41, 5.74) is 3.50. The van der Waals surface area contributed by atoms with Gasteiger partial charge in [-0.1, -0.05) is 30.3 Å². The van der Waals surface area contributed by atoms with Gasteiger partial charge in [-0.15, -0.1) is 0 Å². The summed E-state index contributed by atoms with van der Waals surface area (Å²) in [7, 11) is 0. The van der Waals surface area contributed by atoms with Crippen LogP contribution in [0.3, 0.4) is 0 Å². The van der Waals surface area contributed by atoms with Gasteiger partial charge in [0.25, 0.3) is 5.91 Å². The molecule has 2 heterocycles. The van der Waals surface area contributed by atoms with E-state index < -0.39 is 0 Å². The normalized spacial score (nSPS) is 14.0. The summed E-state index contributed by atoms with van der Waals surface area (Å²) >= 11 is 0. The fourth-order valence-electron chi connectivity index (χ4n) is 3.45. The minimum atomic E-state index is -0.216. The van der Waals surface area contributed by atoms with Crippen molar-refractivity contribution < 1.29 is 9.18 Å². The first-order valence-corrected chi connectivity index (χ1v) is 9.73. The largest absolute Gasteiger partial charge is 0.368 e. The molecule has 0 saturated carbocycles. The predicted molar refractivity (Wildman–Crippen MR) is 113 cm³/mol. The number of aromatic nitrogens is 1. The maximum absolute atomic E-state index is 13.1. The topological polar surface area (TPSA) is 48.5 Å². The Labute approximate surface area is 169 Å². The van der Waals surface area contributed by atoms with Gasteiger partial charge >= 0.3 is 0 Å². The van der Waals surface area contributed by atoms with Crippen LogP contribution in [0.5, 0.6) is 0 Å². The summed E-state index contributed by atoms with van der Waals surface area (Å²) < 4.78 is 13.1. The lowest BCUT2D eigenvalue weighted by Crippen LogP contribution is -2.46. The van der Waals surface area contributed by atoms with Crippen LogP contribution in [0.2, 0.25) is 0 Å². The number of hydrogen-bond donors (Lipinski definition) is 1. The SMILES string of the molecule is O=C(NCc1ccccc1)c1ccc(N2CCN(c3ccc(F)cc3)CC2)cn1. The Hall–Kier alpha value is -3.41. The van der Waals surface area contributed by atoms with Crippen LogP contribution in [0.15, 0.2) is 72.9 Å². The number of nitrogens with one attached hydrogen (secondary N) is 1. The van der Waals surface area contributed by atoms with Gasteiger partial charge in [-0.05, 0) is 42.0 Å². The average Bonchev–Trinajstić information content (AvgIpc) is 2.79. The van der Waals surface area contributed by atoms with Crippen LogP contribution in [-0.2, 0) is 6.54 Å². The second kappa shape index (κ2) is 8.73. The summed E-state index contributed by atoms with van der Waals surface area (Å²) in [5, 5.41) is 2.89. The number of carbonyl (C=O) groups excluding carboxylic acids is 1. The van der Waals surface area contributed by atoms with Gasteiger partial charge in [0.15, 0.2) is 0 Å². The molecular weight excluding hydrogens is 367 g/mol. The van der Waals surface area contributed by atoms with Gasteiger partial charge in [-0.3, -0.25) is 4.79 Å². The molecule has 148 valence electrons. The number of hydrogen-bond acceptors (Lipinski definition) is 4. The first-order chi connectivity index (χ1) is 14.2. The zero-order chi connectivity index (χ0) is 20.1. The Kier molecular flexibility index (Phi) is 5.70. The van der Waals surface area contributed by atoms with Crippen LogP contribution in [0.25, 0.3) is 0 Å². The van der Waals surface area contributed by atoms with E-state index in [1.807, 2.05) is 48.5 Å². The summed E-state index contributed by atoms with van der Waals surface area (Å²) in [6, 6.07) is 20.1. The standard InChI is InChI=1S/C23H23FN4O/c24-19-6-8-20(9-7-19)27-12-14-28(15-13-27)21-10-11-22(25-17-21)23(29)26-16-18-4-2-1-3-5-18/h1-11,17H,12-16H2,(H,26,29). The maximum atomic E-state index is 13.1. The van der Waals surface area contributed by atoms with Gasteiger partial charge in [0, 0.05) is 38.4 Å². The fourth-order valence-corrected chi connectivity index (χ4v) is 3.45. The van der Waals surface area contributed by atoms with Crippen LogP contribution >= 0.6 is 0 Å².